The number of rotatable bonds is 4. The predicted molar refractivity (Wildman–Crippen MR) is 63.8 cm³/mol. The summed E-state index contributed by atoms with van der Waals surface area (Å²) in [7, 11) is -3.99. The molecule has 0 aliphatic carbocycles. The Hall–Kier alpha value is -1.55. The maximum atomic E-state index is 12.4. The van der Waals surface area contributed by atoms with Crippen molar-refractivity contribution in [2.45, 2.75) is 18.9 Å². The third-order valence-electron chi connectivity index (χ3n) is 2.61. The van der Waals surface area contributed by atoms with Crippen molar-refractivity contribution in [1.29, 1.82) is 5.26 Å². The van der Waals surface area contributed by atoms with Crippen LogP contribution in [0.2, 0.25) is 0 Å². The third kappa shape index (κ3) is 4.56. The molecule has 0 spiro atoms. The number of hydrogen-bond donors (Lipinski definition) is 0. The number of hydrogen-bond acceptors (Lipinski definition) is 3. The highest BCUT2D eigenvalue weighted by Crippen LogP contribution is 2.27. The van der Waals surface area contributed by atoms with Crippen LogP contribution in [0.4, 0.5) is 13.2 Å². The van der Waals surface area contributed by atoms with Gasteiger partial charge in [0.25, 0.3) is 0 Å². The van der Waals surface area contributed by atoms with E-state index in [0.29, 0.717) is 11.1 Å². The van der Waals surface area contributed by atoms with Gasteiger partial charge in [-0.3, -0.25) is 0 Å². The van der Waals surface area contributed by atoms with Crippen molar-refractivity contribution >= 4 is 9.84 Å². The second-order valence-electron chi connectivity index (χ2n) is 4.20. The van der Waals surface area contributed by atoms with E-state index in [9.17, 15) is 21.6 Å². The summed E-state index contributed by atoms with van der Waals surface area (Å²) in [5, 5.41) is 8.41. The molecular formula is C12H12F3NO2S. The Balaban J connectivity index is 2.90. The number of nitrogens with zero attached hydrogens (tertiary/aromatic N) is 1. The summed E-state index contributed by atoms with van der Waals surface area (Å²) in [6.45, 7) is 1.68. The second kappa shape index (κ2) is 5.61. The van der Waals surface area contributed by atoms with Crippen LogP contribution in [-0.4, -0.2) is 20.3 Å². The third-order valence-corrected chi connectivity index (χ3v) is 4.20. The van der Waals surface area contributed by atoms with Crippen LogP contribution < -0.4 is 0 Å². The Kier molecular flexibility index (Phi) is 4.58. The van der Waals surface area contributed by atoms with Gasteiger partial charge < -0.3 is 0 Å². The number of halogens is 3. The minimum atomic E-state index is -4.83. The SMILES string of the molecule is Cc1ccccc1CS(=O)(=O)CC(C#N)C(F)(F)F. The van der Waals surface area contributed by atoms with E-state index in [2.05, 4.69) is 0 Å². The Morgan fingerprint density at radius 3 is 2.37 bits per heavy atom. The Bertz CT molecular complexity index is 588. The maximum absolute atomic E-state index is 12.4. The highest BCUT2D eigenvalue weighted by Gasteiger charge is 2.42. The predicted octanol–water partition coefficient (Wildman–Crippen LogP) is 2.61. The molecule has 0 aromatic heterocycles. The molecule has 0 aliphatic rings. The second-order valence-corrected chi connectivity index (χ2v) is 6.31. The van der Waals surface area contributed by atoms with Gasteiger partial charge in [0.2, 0.25) is 0 Å². The molecule has 0 amide bonds. The minimum Gasteiger partial charge on any atom is -0.228 e. The molecule has 0 heterocycles. The fourth-order valence-electron chi connectivity index (χ4n) is 1.53. The van der Waals surface area contributed by atoms with Gasteiger partial charge >= 0.3 is 6.18 Å². The van der Waals surface area contributed by atoms with Crippen LogP contribution in [0.15, 0.2) is 24.3 Å². The highest BCUT2D eigenvalue weighted by molar-refractivity contribution is 7.90. The molecule has 0 radical (unpaired) electrons. The fraction of sp³-hybridized carbons (Fsp3) is 0.417. The smallest absolute Gasteiger partial charge is 0.228 e. The van der Waals surface area contributed by atoms with E-state index in [1.165, 1.54) is 0 Å². The van der Waals surface area contributed by atoms with Gasteiger partial charge in [-0.15, -0.1) is 0 Å². The molecule has 0 saturated carbocycles. The van der Waals surface area contributed by atoms with Crippen molar-refractivity contribution in [2.24, 2.45) is 5.92 Å². The summed E-state index contributed by atoms with van der Waals surface area (Å²) in [4.78, 5) is 0. The first-order valence-electron chi connectivity index (χ1n) is 5.37. The van der Waals surface area contributed by atoms with Crippen molar-refractivity contribution in [2.75, 3.05) is 5.75 Å². The lowest BCUT2D eigenvalue weighted by Gasteiger charge is -2.14. The van der Waals surface area contributed by atoms with Crippen LogP contribution in [0.1, 0.15) is 11.1 Å². The Morgan fingerprint density at radius 1 is 1.32 bits per heavy atom. The summed E-state index contributed by atoms with van der Waals surface area (Å²) in [5.74, 6) is -4.18. The minimum absolute atomic E-state index is 0.446. The zero-order valence-electron chi connectivity index (χ0n) is 10.1. The molecule has 1 aromatic carbocycles. The van der Waals surface area contributed by atoms with E-state index in [1.54, 1.807) is 31.2 Å². The van der Waals surface area contributed by atoms with Crippen molar-refractivity contribution in [3.05, 3.63) is 35.4 Å². The van der Waals surface area contributed by atoms with Gasteiger partial charge in [0.1, 0.15) is 0 Å². The molecule has 1 unspecified atom stereocenters. The van der Waals surface area contributed by atoms with Crippen molar-refractivity contribution in [3.8, 4) is 6.07 Å². The Labute approximate surface area is 109 Å². The molecule has 1 atom stereocenters. The molecule has 0 saturated heterocycles. The summed E-state index contributed by atoms with van der Waals surface area (Å²) in [6, 6.07) is 7.54. The zero-order valence-corrected chi connectivity index (χ0v) is 10.9. The largest absolute Gasteiger partial charge is 0.405 e. The summed E-state index contributed by atoms with van der Waals surface area (Å²) in [5.41, 5.74) is 1.13. The number of benzene rings is 1. The van der Waals surface area contributed by atoms with Gasteiger partial charge in [0, 0.05) is 0 Å². The molecule has 3 nitrogen and oxygen atoms in total. The van der Waals surface area contributed by atoms with Gasteiger partial charge in [-0.25, -0.2) is 8.42 Å². The maximum Gasteiger partial charge on any atom is 0.405 e. The normalized spacial score (nSPS) is 13.8. The summed E-state index contributed by atoms with van der Waals surface area (Å²) in [6.07, 6.45) is -4.83. The summed E-state index contributed by atoms with van der Waals surface area (Å²) < 4.78 is 60.6. The molecule has 1 rings (SSSR count). The number of aryl methyl sites for hydroxylation is 1. The van der Waals surface area contributed by atoms with Crippen LogP contribution in [0.5, 0.6) is 0 Å². The fourth-order valence-corrected chi connectivity index (χ4v) is 3.21. The average molecular weight is 291 g/mol. The standard InChI is InChI=1S/C12H12F3NO2S/c1-9-4-2-3-5-10(9)7-19(17,18)8-11(6-16)12(13,14)15/h2-5,11H,7-8H2,1H3. The summed E-state index contributed by atoms with van der Waals surface area (Å²) >= 11 is 0. The molecule has 0 N–H and O–H groups in total. The quantitative estimate of drug-likeness (QED) is 0.856. The van der Waals surface area contributed by atoms with Gasteiger partial charge in [-0.05, 0) is 18.1 Å². The van der Waals surface area contributed by atoms with Crippen molar-refractivity contribution in [3.63, 3.8) is 0 Å². The average Bonchev–Trinajstić information content (AvgIpc) is 2.27. The van der Waals surface area contributed by atoms with Crippen molar-refractivity contribution < 1.29 is 21.6 Å². The molecule has 0 fully saturated rings. The first-order chi connectivity index (χ1) is 8.65. The van der Waals surface area contributed by atoms with Crippen LogP contribution in [0.25, 0.3) is 0 Å². The molecule has 7 heteroatoms. The van der Waals surface area contributed by atoms with Crippen LogP contribution in [0.3, 0.4) is 0 Å². The highest BCUT2D eigenvalue weighted by atomic mass is 32.2. The first kappa shape index (κ1) is 15.5. The number of alkyl halides is 3. The topological polar surface area (TPSA) is 57.9 Å². The number of sulfone groups is 1. The number of nitriles is 1. The van der Waals surface area contributed by atoms with E-state index in [-0.39, 0.29) is 0 Å². The van der Waals surface area contributed by atoms with E-state index in [0.717, 1.165) is 6.07 Å². The first-order valence-corrected chi connectivity index (χ1v) is 7.19. The van der Waals surface area contributed by atoms with Gasteiger partial charge in [-0.1, -0.05) is 24.3 Å². The van der Waals surface area contributed by atoms with E-state index < -0.39 is 33.4 Å². The van der Waals surface area contributed by atoms with E-state index in [1.807, 2.05) is 0 Å². The van der Waals surface area contributed by atoms with Crippen LogP contribution >= 0.6 is 0 Å². The van der Waals surface area contributed by atoms with Gasteiger partial charge in [-0.2, -0.15) is 18.4 Å². The lowest BCUT2D eigenvalue weighted by Crippen LogP contribution is -2.29. The zero-order chi connectivity index (χ0) is 14.7. The van der Waals surface area contributed by atoms with Crippen LogP contribution in [-0.2, 0) is 15.6 Å². The molecule has 104 valence electrons. The monoisotopic (exact) mass is 291 g/mol. The van der Waals surface area contributed by atoms with E-state index >= 15 is 0 Å². The Morgan fingerprint density at radius 2 is 1.89 bits per heavy atom. The lowest BCUT2D eigenvalue weighted by atomic mass is 10.1. The molecule has 19 heavy (non-hydrogen) atoms. The van der Waals surface area contributed by atoms with Gasteiger partial charge in [0.05, 0.1) is 17.6 Å². The molecule has 1 aromatic rings. The van der Waals surface area contributed by atoms with Crippen molar-refractivity contribution in [1.82, 2.24) is 0 Å². The van der Waals surface area contributed by atoms with Gasteiger partial charge in [0.15, 0.2) is 15.8 Å². The molecule has 0 bridgehead atoms. The lowest BCUT2D eigenvalue weighted by molar-refractivity contribution is -0.153. The van der Waals surface area contributed by atoms with Crippen LogP contribution in [0, 0.1) is 24.2 Å². The molecule has 0 aliphatic heterocycles. The van der Waals surface area contributed by atoms with E-state index in [4.69, 9.17) is 5.26 Å². The molecular weight excluding hydrogens is 279 g/mol.